The molecule has 0 aromatic heterocycles. The number of nitrogen functional groups attached to an aromatic ring is 1. The highest BCUT2D eigenvalue weighted by molar-refractivity contribution is 6.31. The van der Waals surface area contributed by atoms with E-state index in [4.69, 9.17) is 27.5 Å². The monoisotopic (exact) mass is 202 g/mol. The predicted octanol–water partition coefficient (Wildman–Crippen LogP) is 1.77. The van der Waals surface area contributed by atoms with Crippen LogP contribution in [0.4, 0.5) is 4.39 Å². The maximum atomic E-state index is 12.9. The summed E-state index contributed by atoms with van der Waals surface area (Å²) in [4.78, 5) is 0. The molecule has 13 heavy (non-hydrogen) atoms. The first kappa shape index (κ1) is 9.80. The zero-order valence-corrected chi connectivity index (χ0v) is 7.65. The van der Waals surface area contributed by atoms with Gasteiger partial charge in [0.25, 0.3) is 0 Å². The molecule has 0 saturated carbocycles. The summed E-state index contributed by atoms with van der Waals surface area (Å²) < 4.78 is 17.8. The van der Waals surface area contributed by atoms with Gasteiger partial charge in [-0.05, 0) is 6.07 Å². The van der Waals surface area contributed by atoms with E-state index in [1.807, 2.05) is 0 Å². The largest absolute Gasteiger partial charge is 0.496 e. The maximum Gasteiger partial charge on any atom is 0.142 e. The number of halogens is 2. The first-order chi connectivity index (χ1) is 6.06. The molecule has 1 aromatic rings. The normalized spacial score (nSPS) is 9.77. The molecule has 3 N–H and O–H groups in total. The lowest BCUT2D eigenvalue weighted by Gasteiger charge is -2.07. The van der Waals surface area contributed by atoms with Crippen molar-refractivity contribution in [3.05, 3.63) is 28.5 Å². The highest BCUT2D eigenvalue weighted by Gasteiger charge is 2.10. The van der Waals surface area contributed by atoms with E-state index in [0.717, 1.165) is 6.07 Å². The average molecular weight is 203 g/mol. The van der Waals surface area contributed by atoms with Gasteiger partial charge in [-0.2, -0.15) is 0 Å². The summed E-state index contributed by atoms with van der Waals surface area (Å²) >= 11 is 5.50. The fourth-order valence-corrected chi connectivity index (χ4v) is 1.06. The van der Waals surface area contributed by atoms with Gasteiger partial charge in [-0.3, -0.25) is 5.41 Å². The number of hydrogen-bond acceptors (Lipinski definition) is 2. The van der Waals surface area contributed by atoms with Crippen LogP contribution in [-0.4, -0.2) is 12.9 Å². The van der Waals surface area contributed by atoms with Crippen LogP contribution in [0.15, 0.2) is 12.1 Å². The Hall–Kier alpha value is -1.29. The van der Waals surface area contributed by atoms with Crippen molar-refractivity contribution in [1.29, 1.82) is 5.41 Å². The molecule has 70 valence electrons. The second-order valence-corrected chi connectivity index (χ2v) is 2.79. The van der Waals surface area contributed by atoms with Crippen molar-refractivity contribution >= 4 is 17.4 Å². The molecular weight excluding hydrogens is 195 g/mol. The van der Waals surface area contributed by atoms with Gasteiger partial charge in [0.05, 0.1) is 17.7 Å². The van der Waals surface area contributed by atoms with Gasteiger partial charge in [-0.1, -0.05) is 11.6 Å². The van der Waals surface area contributed by atoms with Crippen LogP contribution in [0.5, 0.6) is 5.75 Å². The van der Waals surface area contributed by atoms with Crippen LogP contribution in [0.25, 0.3) is 0 Å². The van der Waals surface area contributed by atoms with Crippen LogP contribution >= 0.6 is 11.6 Å². The molecule has 0 bridgehead atoms. The molecule has 0 fully saturated rings. The maximum absolute atomic E-state index is 12.9. The summed E-state index contributed by atoms with van der Waals surface area (Å²) in [6.45, 7) is 0. The summed E-state index contributed by atoms with van der Waals surface area (Å²) in [5, 5.41) is 7.08. The van der Waals surface area contributed by atoms with E-state index in [9.17, 15) is 4.39 Å². The minimum atomic E-state index is -0.618. The van der Waals surface area contributed by atoms with E-state index in [-0.39, 0.29) is 16.4 Å². The molecule has 0 spiro atoms. The number of nitrogens with two attached hydrogens (primary N) is 1. The molecule has 0 atom stereocenters. The summed E-state index contributed by atoms with van der Waals surface area (Å²) in [6.07, 6.45) is 0. The van der Waals surface area contributed by atoms with Crippen LogP contribution in [0.2, 0.25) is 5.02 Å². The predicted molar refractivity (Wildman–Crippen MR) is 49.0 cm³/mol. The minimum Gasteiger partial charge on any atom is -0.496 e. The third kappa shape index (κ3) is 1.89. The fourth-order valence-electron chi connectivity index (χ4n) is 0.908. The van der Waals surface area contributed by atoms with E-state index in [2.05, 4.69) is 0 Å². The van der Waals surface area contributed by atoms with Gasteiger partial charge in [-0.15, -0.1) is 0 Å². The van der Waals surface area contributed by atoms with E-state index >= 15 is 0 Å². The Morgan fingerprint density at radius 2 is 2.23 bits per heavy atom. The molecule has 1 rings (SSSR count). The average Bonchev–Trinajstić information content (AvgIpc) is 2.08. The lowest BCUT2D eigenvalue weighted by molar-refractivity contribution is 0.412. The summed E-state index contributed by atoms with van der Waals surface area (Å²) in [5.41, 5.74) is 5.40. The highest BCUT2D eigenvalue weighted by atomic mass is 35.5. The quantitative estimate of drug-likeness (QED) is 0.567. The van der Waals surface area contributed by atoms with Crippen molar-refractivity contribution in [2.45, 2.75) is 0 Å². The molecule has 5 heteroatoms. The van der Waals surface area contributed by atoms with E-state index < -0.39 is 5.82 Å². The van der Waals surface area contributed by atoms with Crippen molar-refractivity contribution in [1.82, 2.24) is 0 Å². The second-order valence-electron chi connectivity index (χ2n) is 2.38. The molecule has 0 amide bonds. The lowest BCUT2D eigenvalue weighted by atomic mass is 10.2. The number of nitrogens with one attached hydrogen (secondary N) is 1. The number of rotatable bonds is 2. The molecule has 0 aliphatic rings. The third-order valence-corrected chi connectivity index (χ3v) is 1.82. The van der Waals surface area contributed by atoms with Gasteiger partial charge in [0.15, 0.2) is 0 Å². The zero-order valence-electron chi connectivity index (χ0n) is 6.90. The molecule has 0 radical (unpaired) electrons. The van der Waals surface area contributed by atoms with Gasteiger partial charge in [0, 0.05) is 6.07 Å². The topological polar surface area (TPSA) is 59.1 Å². The Morgan fingerprint density at radius 3 is 2.69 bits per heavy atom. The Kier molecular flexibility index (Phi) is 2.72. The van der Waals surface area contributed by atoms with Crippen LogP contribution in [-0.2, 0) is 0 Å². The zero-order chi connectivity index (χ0) is 10.0. The van der Waals surface area contributed by atoms with E-state index in [0.29, 0.717) is 5.75 Å². The molecule has 3 nitrogen and oxygen atoms in total. The van der Waals surface area contributed by atoms with E-state index in [1.165, 1.54) is 13.2 Å². The van der Waals surface area contributed by atoms with Crippen molar-refractivity contribution in [2.24, 2.45) is 5.73 Å². The van der Waals surface area contributed by atoms with Gasteiger partial charge in [0.2, 0.25) is 0 Å². The van der Waals surface area contributed by atoms with Crippen molar-refractivity contribution in [3.8, 4) is 5.75 Å². The van der Waals surface area contributed by atoms with Gasteiger partial charge in [0.1, 0.15) is 17.4 Å². The number of ether oxygens (including phenoxy) is 1. The number of hydrogen-bond donors (Lipinski definition) is 2. The second kappa shape index (κ2) is 3.62. The Morgan fingerprint density at radius 1 is 1.62 bits per heavy atom. The first-order valence-electron chi connectivity index (χ1n) is 3.43. The SMILES string of the molecule is COc1cc(Cl)c(F)cc1C(=N)N. The van der Waals surface area contributed by atoms with Crippen LogP contribution in [0.1, 0.15) is 5.56 Å². The molecule has 0 heterocycles. The molecule has 0 aliphatic carbocycles. The summed E-state index contributed by atoms with van der Waals surface area (Å²) in [5.74, 6) is -0.584. The third-order valence-electron chi connectivity index (χ3n) is 1.53. The molecule has 0 saturated heterocycles. The standard InChI is InChI=1S/C8H8ClFN2O/c1-13-7-3-5(9)6(10)2-4(7)8(11)12/h2-3H,1H3,(H3,11,12). The molecule has 0 aliphatic heterocycles. The van der Waals surface area contributed by atoms with Crippen LogP contribution in [0, 0.1) is 11.2 Å². The Bertz CT molecular complexity index is 354. The first-order valence-corrected chi connectivity index (χ1v) is 3.81. The lowest BCUT2D eigenvalue weighted by Crippen LogP contribution is -2.13. The van der Waals surface area contributed by atoms with Crippen molar-refractivity contribution in [2.75, 3.05) is 7.11 Å². The van der Waals surface area contributed by atoms with Crippen molar-refractivity contribution in [3.63, 3.8) is 0 Å². The molecule has 0 unspecified atom stereocenters. The van der Waals surface area contributed by atoms with Crippen LogP contribution in [0.3, 0.4) is 0 Å². The summed E-state index contributed by atoms with van der Waals surface area (Å²) in [6, 6.07) is 2.36. The van der Waals surface area contributed by atoms with Gasteiger partial charge in [-0.25, -0.2) is 4.39 Å². The smallest absolute Gasteiger partial charge is 0.142 e. The number of benzene rings is 1. The van der Waals surface area contributed by atoms with Crippen LogP contribution < -0.4 is 10.5 Å². The van der Waals surface area contributed by atoms with Gasteiger partial charge >= 0.3 is 0 Å². The number of amidine groups is 1. The molecular formula is C8H8ClFN2O. The Labute approximate surface area is 79.8 Å². The Balaban J connectivity index is 3.33. The van der Waals surface area contributed by atoms with E-state index in [1.54, 1.807) is 0 Å². The van der Waals surface area contributed by atoms with Gasteiger partial charge < -0.3 is 10.5 Å². The summed E-state index contributed by atoms with van der Waals surface area (Å²) in [7, 11) is 1.40. The molecule has 1 aromatic carbocycles. The van der Waals surface area contributed by atoms with Crippen molar-refractivity contribution < 1.29 is 9.13 Å². The highest BCUT2D eigenvalue weighted by Crippen LogP contribution is 2.25. The fraction of sp³-hybridized carbons (Fsp3) is 0.125. The minimum absolute atomic E-state index is 0.0538. The number of methoxy groups -OCH3 is 1.